The Morgan fingerprint density at radius 2 is 1.36 bits per heavy atom. The maximum Gasteiger partial charge on any atom is 0.306 e. The first-order valence-corrected chi connectivity index (χ1v) is 17.8. The van der Waals surface area contributed by atoms with Gasteiger partial charge >= 0.3 is 11.9 Å². The van der Waals surface area contributed by atoms with Gasteiger partial charge in [0.2, 0.25) is 0 Å². The van der Waals surface area contributed by atoms with Gasteiger partial charge in [0, 0.05) is 31.1 Å². The molecule has 1 rings (SSSR count). The standard InChI is InChI=1S/C36H64O8/c1-3-5-7-8-9-10-11-12-13-19-23-36(42)44-30(27-37)28-43-35(41)22-18-15-14-17-21-31-32(34(40)26-33(31)39)25-24-29(38)20-16-6-4-2/h24-25,29-32,34,37-38,40H,3-23,26-28H2,1-2H3/b25-24+/t29-,30-,31+,32+,34+/m0/s1. The van der Waals surface area contributed by atoms with Gasteiger partial charge in [0.05, 0.1) is 18.8 Å². The normalized spacial score (nSPS) is 19.8. The second kappa shape index (κ2) is 26.4. The van der Waals surface area contributed by atoms with E-state index in [1.165, 1.54) is 44.9 Å². The van der Waals surface area contributed by atoms with E-state index in [4.69, 9.17) is 9.47 Å². The molecule has 1 saturated carbocycles. The molecule has 0 aliphatic heterocycles. The molecule has 256 valence electrons. The van der Waals surface area contributed by atoms with Crippen LogP contribution in [0.4, 0.5) is 0 Å². The zero-order valence-corrected chi connectivity index (χ0v) is 27.9. The lowest BCUT2D eigenvalue weighted by atomic mass is 9.88. The number of carbonyl (C=O) groups excluding carboxylic acids is 3. The molecule has 0 aromatic heterocycles. The Labute approximate surface area is 267 Å². The third-order valence-electron chi connectivity index (χ3n) is 8.70. The smallest absolute Gasteiger partial charge is 0.306 e. The molecule has 0 saturated heterocycles. The average molecular weight is 625 g/mol. The maximum absolute atomic E-state index is 12.4. The van der Waals surface area contributed by atoms with Crippen molar-refractivity contribution >= 4 is 17.7 Å². The van der Waals surface area contributed by atoms with E-state index in [0.29, 0.717) is 25.7 Å². The average Bonchev–Trinajstić information content (AvgIpc) is 3.27. The highest BCUT2D eigenvalue weighted by molar-refractivity contribution is 5.84. The van der Waals surface area contributed by atoms with Gasteiger partial charge < -0.3 is 24.8 Å². The summed E-state index contributed by atoms with van der Waals surface area (Å²) in [6, 6.07) is 0. The van der Waals surface area contributed by atoms with Gasteiger partial charge in [-0.15, -0.1) is 0 Å². The molecule has 8 nitrogen and oxygen atoms in total. The molecule has 0 aromatic carbocycles. The van der Waals surface area contributed by atoms with Crippen molar-refractivity contribution in [1.29, 1.82) is 0 Å². The number of carbonyl (C=O) groups is 3. The Bertz CT molecular complexity index is 782. The summed E-state index contributed by atoms with van der Waals surface area (Å²) in [6.45, 7) is 3.81. The number of hydrogen-bond acceptors (Lipinski definition) is 8. The number of hydrogen-bond donors (Lipinski definition) is 3. The minimum Gasteiger partial charge on any atom is -0.462 e. The number of ketones is 1. The van der Waals surface area contributed by atoms with Gasteiger partial charge in [-0.25, -0.2) is 0 Å². The van der Waals surface area contributed by atoms with Crippen molar-refractivity contribution in [3.63, 3.8) is 0 Å². The Hall–Kier alpha value is -1.77. The van der Waals surface area contributed by atoms with E-state index in [9.17, 15) is 29.7 Å². The van der Waals surface area contributed by atoms with Gasteiger partial charge in [0.25, 0.3) is 0 Å². The summed E-state index contributed by atoms with van der Waals surface area (Å²) in [7, 11) is 0. The molecule has 0 aromatic rings. The van der Waals surface area contributed by atoms with Crippen LogP contribution in [0.1, 0.15) is 155 Å². The Morgan fingerprint density at radius 1 is 0.818 bits per heavy atom. The zero-order chi connectivity index (χ0) is 32.4. The van der Waals surface area contributed by atoms with Crippen molar-refractivity contribution in [2.75, 3.05) is 13.2 Å². The van der Waals surface area contributed by atoms with Crippen LogP contribution >= 0.6 is 0 Å². The molecule has 3 N–H and O–H groups in total. The quantitative estimate of drug-likeness (QED) is 0.0475. The minimum atomic E-state index is -0.840. The number of unbranched alkanes of at least 4 members (excludes halogenated alkanes) is 14. The predicted molar refractivity (Wildman–Crippen MR) is 174 cm³/mol. The van der Waals surface area contributed by atoms with Gasteiger partial charge in [-0.2, -0.15) is 0 Å². The van der Waals surface area contributed by atoms with Crippen LogP contribution in [0.25, 0.3) is 0 Å². The number of aliphatic hydroxyl groups is 3. The van der Waals surface area contributed by atoms with Gasteiger partial charge in [-0.1, -0.05) is 122 Å². The fourth-order valence-electron chi connectivity index (χ4n) is 5.92. The van der Waals surface area contributed by atoms with E-state index in [1.54, 1.807) is 6.08 Å². The molecular weight excluding hydrogens is 560 g/mol. The van der Waals surface area contributed by atoms with Crippen LogP contribution in [0.2, 0.25) is 0 Å². The minimum absolute atomic E-state index is 0.0823. The fraction of sp³-hybridized carbons (Fsp3) is 0.861. The highest BCUT2D eigenvalue weighted by Gasteiger charge is 2.39. The number of esters is 2. The van der Waals surface area contributed by atoms with Crippen LogP contribution < -0.4 is 0 Å². The number of rotatable bonds is 28. The van der Waals surface area contributed by atoms with E-state index < -0.39 is 18.3 Å². The van der Waals surface area contributed by atoms with E-state index >= 15 is 0 Å². The summed E-state index contributed by atoms with van der Waals surface area (Å²) in [6.07, 6.45) is 21.7. The second-order valence-electron chi connectivity index (χ2n) is 12.7. The summed E-state index contributed by atoms with van der Waals surface area (Å²) in [5, 5.41) is 30.1. The van der Waals surface area contributed by atoms with Crippen molar-refractivity contribution in [3.05, 3.63) is 12.2 Å². The summed E-state index contributed by atoms with van der Waals surface area (Å²) in [5.41, 5.74) is 0. The van der Waals surface area contributed by atoms with Crippen LogP contribution in [0.15, 0.2) is 12.2 Å². The van der Waals surface area contributed by atoms with Crippen molar-refractivity contribution in [1.82, 2.24) is 0 Å². The van der Waals surface area contributed by atoms with Crippen molar-refractivity contribution in [3.8, 4) is 0 Å². The summed E-state index contributed by atoms with van der Waals surface area (Å²) in [5.74, 6) is -1.14. The van der Waals surface area contributed by atoms with E-state index in [-0.39, 0.29) is 55.6 Å². The molecule has 8 heteroatoms. The van der Waals surface area contributed by atoms with Crippen LogP contribution in [-0.2, 0) is 23.9 Å². The monoisotopic (exact) mass is 624 g/mol. The zero-order valence-electron chi connectivity index (χ0n) is 27.9. The van der Waals surface area contributed by atoms with Crippen LogP contribution in [0.3, 0.4) is 0 Å². The van der Waals surface area contributed by atoms with Gasteiger partial charge in [0.15, 0.2) is 6.10 Å². The molecule has 44 heavy (non-hydrogen) atoms. The molecule has 0 bridgehead atoms. The molecule has 0 amide bonds. The first-order valence-electron chi connectivity index (χ1n) is 17.8. The van der Waals surface area contributed by atoms with Crippen molar-refractivity contribution < 1.29 is 39.2 Å². The first kappa shape index (κ1) is 40.3. The third-order valence-corrected chi connectivity index (χ3v) is 8.70. The second-order valence-corrected chi connectivity index (χ2v) is 12.7. The molecule has 0 spiro atoms. The molecule has 0 unspecified atom stereocenters. The highest BCUT2D eigenvalue weighted by Crippen LogP contribution is 2.34. The maximum atomic E-state index is 12.4. The molecule has 1 fully saturated rings. The topological polar surface area (TPSA) is 130 Å². The summed E-state index contributed by atoms with van der Waals surface area (Å²) >= 11 is 0. The van der Waals surface area contributed by atoms with Crippen molar-refractivity contribution in [2.24, 2.45) is 11.8 Å². The highest BCUT2D eigenvalue weighted by atomic mass is 16.6. The molecule has 0 radical (unpaired) electrons. The third kappa shape index (κ3) is 19.6. The Kier molecular flexibility index (Phi) is 24.2. The fourth-order valence-corrected chi connectivity index (χ4v) is 5.92. The lowest BCUT2D eigenvalue weighted by Crippen LogP contribution is -2.28. The van der Waals surface area contributed by atoms with Gasteiger partial charge in [-0.05, 0) is 25.7 Å². The van der Waals surface area contributed by atoms with Crippen LogP contribution in [0, 0.1) is 11.8 Å². The largest absolute Gasteiger partial charge is 0.462 e. The molecular formula is C36H64O8. The lowest BCUT2D eigenvalue weighted by Gasteiger charge is -2.18. The van der Waals surface area contributed by atoms with E-state index in [2.05, 4.69) is 13.8 Å². The number of aliphatic hydroxyl groups excluding tert-OH is 3. The Morgan fingerprint density at radius 3 is 1.98 bits per heavy atom. The van der Waals surface area contributed by atoms with E-state index in [0.717, 1.165) is 57.8 Å². The summed E-state index contributed by atoms with van der Waals surface area (Å²) < 4.78 is 10.5. The van der Waals surface area contributed by atoms with Crippen LogP contribution in [-0.4, -0.2) is 64.6 Å². The number of ether oxygens (including phenoxy) is 2. The van der Waals surface area contributed by atoms with E-state index in [1.807, 2.05) is 6.08 Å². The van der Waals surface area contributed by atoms with Crippen molar-refractivity contribution in [2.45, 2.75) is 173 Å². The predicted octanol–water partition coefficient (Wildman–Crippen LogP) is 7.15. The molecule has 0 heterocycles. The molecule has 1 aliphatic carbocycles. The first-order chi connectivity index (χ1) is 21.3. The molecule has 5 atom stereocenters. The van der Waals surface area contributed by atoms with Gasteiger partial charge in [0.1, 0.15) is 12.4 Å². The summed E-state index contributed by atoms with van der Waals surface area (Å²) in [4.78, 5) is 36.7. The Balaban J connectivity index is 2.15. The van der Waals surface area contributed by atoms with Crippen LogP contribution in [0.5, 0.6) is 0 Å². The SMILES string of the molecule is CCCCCCCCCCCCC(=O)O[C@@H](CO)COC(=O)CCCCCC[C@H]1C(=O)C[C@@H](O)[C@@H]1/C=C/[C@@H](O)CCCCC. The lowest BCUT2D eigenvalue weighted by molar-refractivity contribution is -0.161. The molecule has 1 aliphatic rings. The number of Topliss-reactive ketones (excluding diaryl/α,β-unsaturated/α-hetero) is 1. The van der Waals surface area contributed by atoms with Gasteiger partial charge in [-0.3, -0.25) is 14.4 Å².